The van der Waals surface area contributed by atoms with E-state index in [4.69, 9.17) is 19.3 Å². The van der Waals surface area contributed by atoms with Crippen LogP contribution in [0.4, 0.5) is 0 Å². The fourth-order valence-corrected chi connectivity index (χ4v) is 5.75. The minimum absolute atomic E-state index is 0.102. The van der Waals surface area contributed by atoms with E-state index in [0.717, 1.165) is 25.7 Å². The Morgan fingerprint density at radius 1 is 0.608 bits per heavy atom. The van der Waals surface area contributed by atoms with Crippen molar-refractivity contribution in [3.63, 3.8) is 0 Å². The second-order valence-electron chi connectivity index (χ2n) is 13.5. The number of aliphatic hydroxyl groups is 1. The van der Waals surface area contributed by atoms with Gasteiger partial charge in [0.15, 0.2) is 6.10 Å². The highest BCUT2D eigenvalue weighted by molar-refractivity contribution is 7.46. The van der Waals surface area contributed by atoms with E-state index in [1.807, 2.05) is 36.5 Å². The number of phosphoric ester groups is 1. The third kappa shape index (κ3) is 39.0. The third-order valence-corrected chi connectivity index (χ3v) is 8.92. The SMILES string of the molecule is CCCCC/C=C\C=C/[C@H](O)C/C=C\C/C=C/CCCC(=O)O[C@H](COC(=O)CCCCCCCCCCCCCCCCC)COP(=O)(O)O. The number of unbranched alkanes of at least 4 members (excludes halogenated alkanes) is 18. The molecule has 0 aromatic heterocycles. The molecule has 0 spiro atoms. The number of carbonyl (C=O) groups is 2. The lowest BCUT2D eigenvalue weighted by Crippen LogP contribution is -2.29. The van der Waals surface area contributed by atoms with Crippen molar-refractivity contribution in [2.45, 2.75) is 187 Å². The number of rotatable bonds is 36. The fraction of sp³-hybridized carbons (Fsp3) is 0.756. The molecular formula is C41H73O9P. The van der Waals surface area contributed by atoms with E-state index in [2.05, 4.69) is 24.4 Å². The van der Waals surface area contributed by atoms with Crippen LogP contribution in [-0.4, -0.2) is 52.3 Å². The molecule has 0 aliphatic heterocycles. The van der Waals surface area contributed by atoms with E-state index < -0.39 is 38.6 Å². The predicted octanol–water partition coefficient (Wildman–Crippen LogP) is 10.9. The van der Waals surface area contributed by atoms with Crippen molar-refractivity contribution in [1.29, 1.82) is 0 Å². The van der Waals surface area contributed by atoms with Gasteiger partial charge in [-0.05, 0) is 44.9 Å². The molecule has 0 unspecified atom stereocenters. The predicted molar refractivity (Wildman–Crippen MR) is 208 cm³/mol. The number of phosphoric acid groups is 1. The Kier molecular flexibility index (Phi) is 34.9. The minimum Gasteiger partial charge on any atom is -0.462 e. The van der Waals surface area contributed by atoms with Gasteiger partial charge in [0.1, 0.15) is 6.61 Å². The van der Waals surface area contributed by atoms with E-state index >= 15 is 0 Å². The first-order valence-corrected chi connectivity index (χ1v) is 21.6. The quantitative estimate of drug-likeness (QED) is 0.0188. The molecule has 51 heavy (non-hydrogen) atoms. The Bertz CT molecular complexity index is 986. The topological polar surface area (TPSA) is 140 Å². The molecular weight excluding hydrogens is 667 g/mol. The van der Waals surface area contributed by atoms with Crippen LogP contribution in [0.3, 0.4) is 0 Å². The van der Waals surface area contributed by atoms with E-state index in [1.54, 1.807) is 6.08 Å². The smallest absolute Gasteiger partial charge is 0.462 e. The lowest BCUT2D eigenvalue weighted by Gasteiger charge is -2.18. The Morgan fingerprint density at radius 3 is 1.75 bits per heavy atom. The van der Waals surface area contributed by atoms with Gasteiger partial charge in [-0.15, -0.1) is 0 Å². The van der Waals surface area contributed by atoms with E-state index in [0.29, 0.717) is 32.1 Å². The molecule has 0 radical (unpaired) electrons. The van der Waals surface area contributed by atoms with Crippen LogP contribution >= 0.6 is 7.82 Å². The second kappa shape index (κ2) is 36.3. The van der Waals surface area contributed by atoms with Gasteiger partial charge < -0.3 is 24.4 Å². The van der Waals surface area contributed by atoms with Gasteiger partial charge in [-0.2, -0.15) is 0 Å². The van der Waals surface area contributed by atoms with Crippen LogP contribution in [0.5, 0.6) is 0 Å². The molecule has 0 rings (SSSR count). The molecule has 0 heterocycles. The average molecular weight is 741 g/mol. The summed E-state index contributed by atoms with van der Waals surface area (Å²) >= 11 is 0. The van der Waals surface area contributed by atoms with Crippen LogP contribution in [0.15, 0.2) is 48.6 Å². The lowest BCUT2D eigenvalue weighted by molar-refractivity contribution is -0.161. The van der Waals surface area contributed by atoms with Crippen molar-refractivity contribution >= 4 is 19.8 Å². The summed E-state index contributed by atoms with van der Waals surface area (Å²) in [5, 5.41) is 10.0. The zero-order valence-corrected chi connectivity index (χ0v) is 33.0. The monoisotopic (exact) mass is 740 g/mol. The summed E-state index contributed by atoms with van der Waals surface area (Å²) in [6.45, 7) is 3.54. The molecule has 0 amide bonds. The first-order chi connectivity index (χ1) is 24.7. The molecule has 0 fully saturated rings. The maximum Gasteiger partial charge on any atom is 0.469 e. The molecule has 3 N–H and O–H groups in total. The Balaban J connectivity index is 4.10. The highest BCUT2D eigenvalue weighted by atomic mass is 31.2. The van der Waals surface area contributed by atoms with Crippen molar-refractivity contribution in [3.8, 4) is 0 Å². The molecule has 9 nitrogen and oxygen atoms in total. The Hall–Kier alpha value is -2.03. The summed E-state index contributed by atoms with van der Waals surface area (Å²) in [6.07, 6.45) is 40.0. The molecule has 0 aromatic carbocycles. The van der Waals surface area contributed by atoms with Gasteiger partial charge in [0.2, 0.25) is 0 Å². The van der Waals surface area contributed by atoms with Gasteiger partial charge in [0.05, 0.1) is 12.7 Å². The van der Waals surface area contributed by atoms with Crippen LogP contribution in [0, 0.1) is 0 Å². The van der Waals surface area contributed by atoms with Crippen LogP contribution in [0.25, 0.3) is 0 Å². The first kappa shape index (κ1) is 49.0. The van der Waals surface area contributed by atoms with Gasteiger partial charge in [-0.3, -0.25) is 14.1 Å². The van der Waals surface area contributed by atoms with E-state index in [-0.39, 0.29) is 19.4 Å². The highest BCUT2D eigenvalue weighted by Gasteiger charge is 2.22. The third-order valence-electron chi connectivity index (χ3n) is 8.43. The molecule has 0 aromatic rings. The Morgan fingerprint density at radius 2 is 1.14 bits per heavy atom. The fourth-order valence-electron chi connectivity index (χ4n) is 5.39. The summed E-state index contributed by atoms with van der Waals surface area (Å²) in [7, 11) is -4.78. The molecule has 0 saturated carbocycles. The summed E-state index contributed by atoms with van der Waals surface area (Å²) in [5.74, 6) is -0.990. The molecule has 0 aliphatic carbocycles. The molecule has 296 valence electrons. The van der Waals surface area contributed by atoms with Crippen molar-refractivity contribution < 1.29 is 43.0 Å². The number of hydrogen-bond acceptors (Lipinski definition) is 7. The van der Waals surface area contributed by atoms with Gasteiger partial charge in [0.25, 0.3) is 0 Å². The van der Waals surface area contributed by atoms with Crippen molar-refractivity contribution in [2.24, 2.45) is 0 Å². The minimum atomic E-state index is -4.78. The highest BCUT2D eigenvalue weighted by Crippen LogP contribution is 2.36. The van der Waals surface area contributed by atoms with Crippen molar-refractivity contribution in [2.75, 3.05) is 13.2 Å². The summed E-state index contributed by atoms with van der Waals surface area (Å²) in [4.78, 5) is 42.7. The zero-order chi connectivity index (χ0) is 37.7. The number of aliphatic hydroxyl groups excluding tert-OH is 1. The zero-order valence-electron chi connectivity index (χ0n) is 32.1. The summed E-state index contributed by atoms with van der Waals surface area (Å²) < 4.78 is 26.3. The Labute approximate surface area is 310 Å². The molecule has 2 atom stereocenters. The first-order valence-electron chi connectivity index (χ1n) is 20.0. The largest absolute Gasteiger partial charge is 0.469 e. The normalized spacial score (nSPS) is 13.6. The summed E-state index contributed by atoms with van der Waals surface area (Å²) in [5.41, 5.74) is 0. The van der Waals surface area contributed by atoms with Crippen LogP contribution < -0.4 is 0 Å². The number of hydrogen-bond donors (Lipinski definition) is 3. The maximum atomic E-state index is 12.4. The number of allylic oxidation sites excluding steroid dienone is 6. The van der Waals surface area contributed by atoms with Gasteiger partial charge in [0, 0.05) is 12.8 Å². The van der Waals surface area contributed by atoms with Gasteiger partial charge >= 0.3 is 19.8 Å². The van der Waals surface area contributed by atoms with Crippen LogP contribution in [0.1, 0.15) is 174 Å². The number of esters is 2. The van der Waals surface area contributed by atoms with Crippen LogP contribution in [-0.2, 0) is 28.2 Å². The summed E-state index contributed by atoms with van der Waals surface area (Å²) in [6, 6.07) is 0. The molecule has 10 heteroatoms. The molecule has 0 bridgehead atoms. The molecule has 0 aliphatic rings. The molecule has 0 saturated heterocycles. The van der Waals surface area contributed by atoms with Crippen molar-refractivity contribution in [1.82, 2.24) is 0 Å². The van der Waals surface area contributed by atoms with Gasteiger partial charge in [-0.1, -0.05) is 165 Å². The van der Waals surface area contributed by atoms with E-state index in [1.165, 1.54) is 89.9 Å². The number of ether oxygens (including phenoxy) is 2. The lowest BCUT2D eigenvalue weighted by atomic mass is 10.0. The standard InChI is InChI=1S/C41H73O9P/c1-3-5-7-9-11-12-13-14-15-16-17-18-22-26-30-34-40(43)48-36-39(37-49-51(45,46)47)50-41(44)35-31-27-23-19-21-25-29-33-38(42)32-28-24-20-10-8-6-4-2/h19-20,23-25,28-29,32,38-39,42H,3-18,21-22,26-27,30-31,33-37H2,1-2H3,(H2,45,46,47)/b23-19+,24-20-,29-25-,32-28-/t38-,39+/m0/s1. The maximum absolute atomic E-state index is 12.4. The van der Waals surface area contributed by atoms with Gasteiger partial charge in [-0.25, -0.2) is 4.57 Å². The average Bonchev–Trinajstić information content (AvgIpc) is 3.09. The number of carbonyl (C=O) groups excluding carboxylic acids is 2. The van der Waals surface area contributed by atoms with Crippen LogP contribution in [0.2, 0.25) is 0 Å². The van der Waals surface area contributed by atoms with E-state index in [9.17, 15) is 19.3 Å². The second-order valence-corrected chi connectivity index (χ2v) is 14.7. The van der Waals surface area contributed by atoms with Crippen molar-refractivity contribution in [3.05, 3.63) is 48.6 Å².